The first-order valence-electron chi connectivity index (χ1n) is 6.68. The number of hydrogen-bond acceptors (Lipinski definition) is 4. The molecule has 0 bridgehead atoms. The summed E-state index contributed by atoms with van der Waals surface area (Å²) in [6.07, 6.45) is 1.43. The number of benzene rings is 1. The highest BCUT2D eigenvalue weighted by Gasteiger charge is 2.25. The summed E-state index contributed by atoms with van der Waals surface area (Å²) < 4.78 is 17.8. The van der Waals surface area contributed by atoms with E-state index in [1.807, 2.05) is 13.0 Å². The number of rotatable bonds is 3. The minimum absolute atomic E-state index is 0.0741. The van der Waals surface area contributed by atoms with E-state index >= 15 is 0 Å². The maximum Gasteiger partial charge on any atom is 0.234 e. The van der Waals surface area contributed by atoms with E-state index in [-0.39, 0.29) is 11.5 Å². The van der Waals surface area contributed by atoms with E-state index in [0.717, 1.165) is 10.9 Å². The minimum atomic E-state index is -0.108. The van der Waals surface area contributed by atoms with Gasteiger partial charge in [-0.15, -0.1) is 0 Å². The second-order valence-electron chi connectivity index (χ2n) is 4.76. The van der Waals surface area contributed by atoms with E-state index in [2.05, 4.69) is 15.9 Å². The van der Waals surface area contributed by atoms with Crippen molar-refractivity contribution in [1.82, 2.24) is 0 Å². The van der Waals surface area contributed by atoms with Gasteiger partial charge in [0, 0.05) is 17.5 Å². The topological polar surface area (TPSA) is 48.7 Å². The molecule has 0 amide bonds. The van der Waals surface area contributed by atoms with E-state index in [1.54, 1.807) is 12.1 Å². The van der Waals surface area contributed by atoms with Gasteiger partial charge in [-0.3, -0.25) is 4.79 Å². The van der Waals surface area contributed by atoms with Crippen molar-refractivity contribution in [2.45, 2.75) is 25.9 Å². The first-order chi connectivity index (χ1) is 9.69. The SMILES string of the molecule is CCOCC1CCc2oc3ccc(Br)cc3c(=O)c2O1. The molecule has 0 spiro atoms. The van der Waals surface area contributed by atoms with Crippen LogP contribution in [-0.2, 0) is 11.2 Å². The average Bonchev–Trinajstić information content (AvgIpc) is 2.46. The molecule has 106 valence electrons. The number of ether oxygens (including phenoxy) is 2. The molecule has 2 aromatic rings. The Hall–Kier alpha value is -1.33. The molecule has 20 heavy (non-hydrogen) atoms. The summed E-state index contributed by atoms with van der Waals surface area (Å²) in [5.74, 6) is 0.976. The van der Waals surface area contributed by atoms with E-state index < -0.39 is 0 Å². The van der Waals surface area contributed by atoms with Gasteiger partial charge in [0.25, 0.3) is 0 Å². The van der Waals surface area contributed by atoms with Crippen molar-refractivity contribution in [2.75, 3.05) is 13.2 Å². The minimum Gasteiger partial charge on any atom is -0.481 e. The fourth-order valence-electron chi connectivity index (χ4n) is 2.36. The van der Waals surface area contributed by atoms with Crippen molar-refractivity contribution in [1.29, 1.82) is 0 Å². The first kappa shape index (κ1) is 13.6. The third-order valence-electron chi connectivity index (χ3n) is 3.36. The zero-order valence-electron chi connectivity index (χ0n) is 11.1. The van der Waals surface area contributed by atoms with Gasteiger partial charge >= 0.3 is 0 Å². The van der Waals surface area contributed by atoms with Crippen LogP contribution in [0.1, 0.15) is 19.1 Å². The van der Waals surface area contributed by atoms with Gasteiger partial charge in [-0.2, -0.15) is 0 Å². The molecule has 1 aromatic carbocycles. The van der Waals surface area contributed by atoms with Crippen molar-refractivity contribution in [3.05, 3.63) is 38.7 Å². The lowest BCUT2D eigenvalue weighted by Gasteiger charge is -2.24. The van der Waals surface area contributed by atoms with E-state index in [0.29, 0.717) is 42.1 Å². The first-order valence-corrected chi connectivity index (χ1v) is 7.48. The Morgan fingerprint density at radius 2 is 2.30 bits per heavy atom. The molecule has 1 atom stereocenters. The highest BCUT2D eigenvalue weighted by Crippen LogP contribution is 2.29. The molecular weight excluding hydrogens is 324 g/mol. The van der Waals surface area contributed by atoms with Gasteiger partial charge in [-0.05, 0) is 31.5 Å². The fourth-order valence-corrected chi connectivity index (χ4v) is 2.73. The van der Waals surface area contributed by atoms with E-state index in [4.69, 9.17) is 13.9 Å². The fraction of sp³-hybridized carbons (Fsp3) is 0.400. The van der Waals surface area contributed by atoms with Crippen LogP contribution in [0.4, 0.5) is 0 Å². The lowest BCUT2D eigenvalue weighted by atomic mass is 10.1. The van der Waals surface area contributed by atoms with Crippen LogP contribution in [0, 0.1) is 0 Å². The molecule has 4 nitrogen and oxygen atoms in total. The monoisotopic (exact) mass is 338 g/mol. The molecular formula is C15H15BrO4. The highest BCUT2D eigenvalue weighted by molar-refractivity contribution is 9.10. The van der Waals surface area contributed by atoms with Gasteiger partial charge in [-0.25, -0.2) is 0 Å². The molecule has 0 saturated carbocycles. The summed E-state index contributed by atoms with van der Waals surface area (Å²) in [4.78, 5) is 12.5. The van der Waals surface area contributed by atoms with Crippen LogP contribution < -0.4 is 10.2 Å². The van der Waals surface area contributed by atoms with Crippen LogP contribution in [0.3, 0.4) is 0 Å². The molecule has 5 heteroatoms. The maximum atomic E-state index is 12.5. The Balaban J connectivity index is 2.02. The van der Waals surface area contributed by atoms with Crippen LogP contribution in [-0.4, -0.2) is 19.3 Å². The smallest absolute Gasteiger partial charge is 0.234 e. The summed E-state index contributed by atoms with van der Waals surface area (Å²) in [7, 11) is 0. The highest BCUT2D eigenvalue weighted by atomic mass is 79.9. The van der Waals surface area contributed by atoms with Crippen molar-refractivity contribution in [3.63, 3.8) is 0 Å². The molecule has 2 heterocycles. The van der Waals surface area contributed by atoms with Crippen molar-refractivity contribution >= 4 is 26.9 Å². The molecule has 1 aromatic heterocycles. The molecule has 0 saturated heterocycles. The summed E-state index contributed by atoms with van der Waals surface area (Å²) in [5, 5.41) is 0.537. The zero-order valence-corrected chi connectivity index (χ0v) is 12.7. The largest absolute Gasteiger partial charge is 0.481 e. The van der Waals surface area contributed by atoms with E-state index in [1.165, 1.54) is 0 Å². The molecule has 0 radical (unpaired) electrons. The third-order valence-corrected chi connectivity index (χ3v) is 3.86. The molecule has 0 N–H and O–H groups in total. The zero-order chi connectivity index (χ0) is 14.1. The second kappa shape index (κ2) is 5.58. The van der Waals surface area contributed by atoms with Gasteiger partial charge in [0.2, 0.25) is 11.2 Å². The summed E-state index contributed by atoms with van der Waals surface area (Å²) in [6, 6.07) is 5.42. The Morgan fingerprint density at radius 3 is 3.10 bits per heavy atom. The van der Waals surface area contributed by atoms with Gasteiger partial charge < -0.3 is 13.9 Å². The lowest BCUT2D eigenvalue weighted by Crippen LogP contribution is -2.30. The molecule has 3 rings (SSSR count). The summed E-state index contributed by atoms with van der Waals surface area (Å²) >= 11 is 3.37. The van der Waals surface area contributed by atoms with Crippen LogP contribution in [0.25, 0.3) is 11.0 Å². The quantitative estimate of drug-likeness (QED) is 0.861. The predicted molar refractivity (Wildman–Crippen MR) is 79.4 cm³/mol. The molecule has 1 aliphatic heterocycles. The number of aryl methyl sites for hydroxylation is 1. The van der Waals surface area contributed by atoms with Gasteiger partial charge in [0.05, 0.1) is 12.0 Å². The second-order valence-corrected chi connectivity index (χ2v) is 5.68. The summed E-state index contributed by atoms with van der Waals surface area (Å²) in [6.45, 7) is 3.09. The average molecular weight is 339 g/mol. The van der Waals surface area contributed by atoms with Crippen molar-refractivity contribution in [2.24, 2.45) is 0 Å². The van der Waals surface area contributed by atoms with Crippen molar-refractivity contribution < 1.29 is 13.9 Å². The van der Waals surface area contributed by atoms with Crippen LogP contribution in [0.2, 0.25) is 0 Å². The molecule has 0 fully saturated rings. The maximum absolute atomic E-state index is 12.5. The normalized spacial score (nSPS) is 17.8. The van der Waals surface area contributed by atoms with Crippen LogP contribution in [0.15, 0.2) is 31.9 Å². The Bertz CT molecular complexity index is 692. The molecule has 1 unspecified atom stereocenters. The van der Waals surface area contributed by atoms with Crippen LogP contribution in [0.5, 0.6) is 5.75 Å². The predicted octanol–water partition coefficient (Wildman–Crippen LogP) is 3.29. The van der Waals surface area contributed by atoms with Crippen LogP contribution >= 0.6 is 15.9 Å². The molecule has 1 aliphatic rings. The van der Waals surface area contributed by atoms with Gasteiger partial charge in [0.1, 0.15) is 11.7 Å². The lowest BCUT2D eigenvalue weighted by molar-refractivity contribution is 0.0416. The van der Waals surface area contributed by atoms with Gasteiger partial charge in [-0.1, -0.05) is 15.9 Å². The van der Waals surface area contributed by atoms with Gasteiger partial charge in [0.15, 0.2) is 5.76 Å². The Morgan fingerprint density at radius 1 is 1.45 bits per heavy atom. The number of halogens is 1. The third kappa shape index (κ3) is 2.47. The van der Waals surface area contributed by atoms with E-state index in [9.17, 15) is 4.79 Å². The Kier molecular flexibility index (Phi) is 3.81. The standard InChI is InChI=1S/C15H15BrO4/c1-2-18-8-10-4-6-13-15(19-10)14(17)11-7-9(16)3-5-12(11)20-13/h3,5,7,10H,2,4,6,8H2,1H3. The Labute approximate surface area is 124 Å². The summed E-state index contributed by atoms with van der Waals surface area (Å²) in [5.41, 5.74) is 0.493. The number of fused-ring (bicyclic) bond motifs is 2. The number of hydrogen-bond donors (Lipinski definition) is 0. The molecule has 0 aliphatic carbocycles. The van der Waals surface area contributed by atoms with Crippen molar-refractivity contribution in [3.8, 4) is 5.75 Å².